The Morgan fingerprint density at radius 2 is 1.87 bits per heavy atom. The summed E-state index contributed by atoms with van der Waals surface area (Å²) in [6, 6.07) is 12.5. The highest BCUT2D eigenvalue weighted by atomic mass is 32.1. The number of hydrogen-bond donors (Lipinski definition) is 0. The molecule has 0 amide bonds. The third-order valence-electron chi connectivity index (χ3n) is 4.24. The van der Waals surface area contributed by atoms with Crippen LogP contribution in [0.3, 0.4) is 0 Å². The van der Waals surface area contributed by atoms with Crippen molar-refractivity contribution in [3.05, 3.63) is 53.7 Å². The highest BCUT2D eigenvalue weighted by Gasteiger charge is 2.12. The van der Waals surface area contributed by atoms with Crippen molar-refractivity contribution in [3.8, 4) is 17.0 Å². The number of benzene rings is 2. The van der Waals surface area contributed by atoms with E-state index in [4.69, 9.17) is 9.72 Å². The van der Waals surface area contributed by atoms with Gasteiger partial charge >= 0.3 is 0 Å². The van der Waals surface area contributed by atoms with Gasteiger partial charge in [-0.05, 0) is 62.2 Å². The number of hydrogen-bond acceptors (Lipinski definition) is 3. The zero-order valence-corrected chi connectivity index (χ0v) is 14.3. The summed E-state index contributed by atoms with van der Waals surface area (Å²) in [7, 11) is 0. The van der Waals surface area contributed by atoms with Gasteiger partial charge in [0, 0.05) is 11.8 Å². The Hall–Kier alpha value is -2.33. The molecule has 2 aromatic carbocycles. The van der Waals surface area contributed by atoms with Crippen molar-refractivity contribution in [3.63, 3.8) is 0 Å². The number of thiazole rings is 1. The Labute approximate surface area is 139 Å². The van der Waals surface area contributed by atoms with Gasteiger partial charge in [0.25, 0.3) is 0 Å². The minimum absolute atomic E-state index is 0.685. The summed E-state index contributed by atoms with van der Waals surface area (Å²) in [6.45, 7) is 7.01. The molecular weight excluding hydrogens is 304 g/mol. The van der Waals surface area contributed by atoms with Gasteiger partial charge in [0.05, 0.1) is 22.5 Å². The van der Waals surface area contributed by atoms with Crippen molar-refractivity contribution in [2.45, 2.75) is 20.8 Å². The number of aryl methyl sites for hydroxylation is 2. The molecule has 4 heteroatoms. The lowest BCUT2D eigenvalue weighted by atomic mass is 10.1. The summed E-state index contributed by atoms with van der Waals surface area (Å²) in [5.41, 5.74) is 6.03. The molecule has 2 heterocycles. The molecule has 0 N–H and O–H groups in total. The number of imidazole rings is 1. The van der Waals surface area contributed by atoms with E-state index < -0.39 is 0 Å². The molecule has 0 saturated carbocycles. The van der Waals surface area contributed by atoms with Crippen molar-refractivity contribution in [1.82, 2.24) is 9.38 Å². The summed E-state index contributed by atoms with van der Waals surface area (Å²) in [5.74, 6) is 0.897. The number of fused-ring (bicyclic) bond motifs is 3. The number of aromatic nitrogens is 2. The Kier molecular flexibility index (Phi) is 3.34. The van der Waals surface area contributed by atoms with Crippen molar-refractivity contribution in [1.29, 1.82) is 0 Å². The van der Waals surface area contributed by atoms with Crippen LogP contribution in [0.5, 0.6) is 5.75 Å². The van der Waals surface area contributed by atoms with Crippen LogP contribution in [-0.4, -0.2) is 16.0 Å². The smallest absolute Gasteiger partial charge is 0.195 e. The lowest BCUT2D eigenvalue weighted by molar-refractivity contribution is 0.340. The van der Waals surface area contributed by atoms with Crippen LogP contribution in [-0.2, 0) is 0 Å². The summed E-state index contributed by atoms with van der Waals surface area (Å²) in [4.78, 5) is 5.85. The average Bonchev–Trinajstić information content (AvgIpc) is 3.10. The largest absolute Gasteiger partial charge is 0.494 e. The van der Waals surface area contributed by atoms with E-state index in [9.17, 15) is 0 Å². The minimum atomic E-state index is 0.685. The van der Waals surface area contributed by atoms with Gasteiger partial charge < -0.3 is 4.74 Å². The molecule has 0 bridgehead atoms. The lowest BCUT2D eigenvalue weighted by Crippen LogP contribution is -1.90. The average molecular weight is 322 g/mol. The quantitative estimate of drug-likeness (QED) is 0.516. The molecular formula is C19H18N2OS. The van der Waals surface area contributed by atoms with Crippen molar-refractivity contribution in [2.75, 3.05) is 6.61 Å². The topological polar surface area (TPSA) is 26.5 Å². The third kappa shape index (κ3) is 2.30. The third-order valence-corrected chi connectivity index (χ3v) is 5.26. The van der Waals surface area contributed by atoms with Crippen LogP contribution in [0.15, 0.2) is 42.6 Å². The molecule has 0 spiro atoms. The summed E-state index contributed by atoms with van der Waals surface area (Å²) >= 11 is 1.74. The molecule has 4 rings (SSSR count). The van der Waals surface area contributed by atoms with Crippen molar-refractivity contribution >= 4 is 26.5 Å². The molecule has 4 aromatic rings. The zero-order chi connectivity index (χ0) is 16.0. The maximum absolute atomic E-state index is 5.50. The standard InChI is InChI=1S/C19H18N2OS/c1-4-22-15-8-6-14(7-9-15)16-11-21-18-13(3)12(2)5-10-17(18)23-19(21)20-16/h5-11H,4H2,1-3H3. The highest BCUT2D eigenvalue weighted by Crippen LogP contribution is 2.32. The van der Waals surface area contributed by atoms with E-state index in [0.717, 1.165) is 22.0 Å². The SMILES string of the molecule is CCOc1ccc(-c2cn3c(n2)sc2ccc(C)c(C)c23)cc1. The maximum Gasteiger partial charge on any atom is 0.195 e. The summed E-state index contributed by atoms with van der Waals surface area (Å²) in [6.07, 6.45) is 2.14. The molecule has 0 radical (unpaired) electrons. The van der Waals surface area contributed by atoms with Gasteiger partial charge in [-0.2, -0.15) is 0 Å². The fourth-order valence-corrected chi connectivity index (χ4v) is 3.95. The van der Waals surface area contributed by atoms with Gasteiger partial charge in [0.2, 0.25) is 0 Å². The molecule has 0 fully saturated rings. The second-order valence-electron chi connectivity index (χ2n) is 5.69. The number of nitrogens with zero attached hydrogens (tertiary/aromatic N) is 2. The monoisotopic (exact) mass is 322 g/mol. The summed E-state index contributed by atoms with van der Waals surface area (Å²) in [5, 5.41) is 0. The van der Waals surface area contributed by atoms with Gasteiger partial charge in [0.1, 0.15) is 5.75 Å². The fourth-order valence-electron chi connectivity index (χ4n) is 2.88. The molecule has 0 saturated heterocycles. The molecule has 116 valence electrons. The van der Waals surface area contributed by atoms with Crippen LogP contribution >= 0.6 is 11.3 Å². The number of ether oxygens (including phenoxy) is 1. The number of rotatable bonds is 3. The van der Waals surface area contributed by atoms with Gasteiger partial charge in [-0.25, -0.2) is 4.98 Å². The van der Waals surface area contributed by atoms with Crippen LogP contribution in [0.2, 0.25) is 0 Å². The molecule has 0 aliphatic carbocycles. The van der Waals surface area contributed by atoms with Crippen LogP contribution in [0.1, 0.15) is 18.1 Å². The maximum atomic E-state index is 5.50. The van der Waals surface area contributed by atoms with E-state index in [1.165, 1.54) is 21.3 Å². The predicted molar refractivity (Wildman–Crippen MR) is 96.7 cm³/mol. The van der Waals surface area contributed by atoms with Crippen molar-refractivity contribution in [2.24, 2.45) is 0 Å². The Morgan fingerprint density at radius 3 is 2.61 bits per heavy atom. The molecule has 2 aromatic heterocycles. The molecule has 0 aliphatic heterocycles. The van der Waals surface area contributed by atoms with E-state index in [2.05, 4.69) is 48.7 Å². The van der Waals surface area contributed by atoms with Crippen molar-refractivity contribution < 1.29 is 4.74 Å². The summed E-state index contributed by atoms with van der Waals surface area (Å²) < 4.78 is 9.01. The highest BCUT2D eigenvalue weighted by molar-refractivity contribution is 7.23. The molecule has 23 heavy (non-hydrogen) atoms. The van der Waals surface area contributed by atoms with Gasteiger partial charge in [-0.15, -0.1) is 0 Å². The Balaban J connectivity index is 1.84. The van der Waals surface area contributed by atoms with E-state index in [1.807, 2.05) is 19.1 Å². The first kappa shape index (κ1) is 14.3. The first-order chi connectivity index (χ1) is 11.2. The second-order valence-corrected chi connectivity index (χ2v) is 6.70. The molecule has 0 atom stereocenters. The fraction of sp³-hybridized carbons (Fsp3) is 0.211. The van der Waals surface area contributed by atoms with Crippen LogP contribution in [0.4, 0.5) is 0 Å². The van der Waals surface area contributed by atoms with Gasteiger partial charge in [0.15, 0.2) is 4.96 Å². The van der Waals surface area contributed by atoms with E-state index in [-0.39, 0.29) is 0 Å². The van der Waals surface area contributed by atoms with E-state index in [0.29, 0.717) is 6.61 Å². The first-order valence-electron chi connectivity index (χ1n) is 7.78. The molecule has 0 aliphatic rings. The Bertz CT molecular complexity index is 996. The van der Waals surface area contributed by atoms with Crippen LogP contribution < -0.4 is 4.74 Å². The second kappa shape index (κ2) is 5.39. The zero-order valence-electron chi connectivity index (χ0n) is 13.5. The molecule has 0 unspecified atom stereocenters. The predicted octanol–water partition coefficient (Wildman–Crippen LogP) is 5.23. The molecule has 3 nitrogen and oxygen atoms in total. The normalized spacial score (nSPS) is 11.4. The van der Waals surface area contributed by atoms with E-state index >= 15 is 0 Å². The van der Waals surface area contributed by atoms with Gasteiger partial charge in [-0.3, -0.25) is 4.40 Å². The van der Waals surface area contributed by atoms with Crippen LogP contribution in [0, 0.1) is 13.8 Å². The van der Waals surface area contributed by atoms with E-state index in [1.54, 1.807) is 11.3 Å². The lowest BCUT2D eigenvalue weighted by Gasteiger charge is -2.03. The Morgan fingerprint density at radius 1 is 1.09 bits per heavy atom. The van der Waals surface area contributed by atoms with Gasteiger partial charge in [-0.1, -0.05) is 17.4 Å². The minimum Gasteiger partial charge on any atom is -0.494 e. The first-order valence-corrected chi connectivity index (χ1v) is 8.60. The van der Waals surface area contributed by atoms with Crippen LogP contribution in [0.25, 0.3) is 26.4 Å².